The maximum absolute atomic E-state index is 9.71. The number of halogens is 1. The van der Waals surface area contributed by atoms with Crippen LogP contribution in [0.4, 0.5) is 0 Å². The molecular formula is C13H22ClN3O. The number of rotatable bonds is 4. The molecular weight excluding hydrogens is 250 g/mol. The molecule has 0 spiro atoms. The number of aliphatic hydroxyl groups excluding tert-OH is 1. The Hall–Kier alpha value is -0.580. The fourth-order valence-corrected chi connectivity index (χ4v) is 2.88. The Morgan fingerprint density at radius 3 is 2.83 bits per heavy atom. The van der Waals surface area contributed by atoms with Gasteiger partial charge in [-0.05, 0) is 32.7 Å². The predicted molar refractivity (Wildman–Crippen MR) is 72.8 cm³/mol. The van der Waals surface area contributed by atoms with E-state index in [4.69, 9.17) is 11.6 Å². The first-order valence-corrected chi connectivity index (χ1v) is 7.18. The molecule has 2 rings (SSSR count). The molecule has 1 N–H and O–H groups in total. The molecule has 1 aromatic rings. The molecule has 0 unspecified atom stereocenters. The normalized spacial score (nSPS) is 21.4. The predicted octanol–water partition coefficient (Wildman–Crippen LogP) is 2.08. The molecule has 0 bridgehead atoms. The molecule has 4 nitrogen and oxygen atoms in total. The minimum Gasteiger partial charge on any atom is -0.392 e. The maximum Gasteiger partial charge on any atom is 0.0863 e. The van der Waals surface area contributed by atoms with Crippen LogP contribution in [0.5, 0.6) is 0 Å². The lowest BCUT2D eigenvalue weighted by atomic mass is 10.1. The number of piperidine rings is 1. The van der Waals surface area contributed by atoms with E-state index in [1.165, 1.54) is 0 Å². The average Bonchev–Trinajstić information content (AvgIpc) is 2.66. The molecule has 1 saturated heterocycles. The van der Waals surface area contributed by atoms with Gasteiger partial charge in [0.25, 0.3) is 0 Å². The Morgan fingerprint density at radius 2 is 2.22 bits per heavy atom. The Balaban J connectivity index is 2.14. The number of aliphatic hydroxyl groups is 1. The molecule has 1 aromatic heterocycles. The summed E-state index contributed by atoms with van der Waals surface area (Å²) < 4.78 is 1.99. The van der Waals surface area contributed by atoms with Gasteiger partial charge in [-0.2, -0.15) is 5.10 Å². The topological polar surface area (TPSA) is 41.3 Å². The van der Waals surface area contributed by atoms with Crippen molar-refractivity contribution in [3.8, 4) is 0 Å². The molecule has 5 heteroatoms. The van der Waals surface area contributed by atoms with E-state index < -0.39 is 0 Å². The summed E-state index contributed by atoms with van der Waals surface area (Å²) in [7, 11) is 0. The lowest BCUT2D eigenvalue weighted by Crippen LogP contribution is -2.38. The lowest BCUT2D eigenvalue weighted by Gasteiger charge is -2.30. The first-order chi connectivity index (χ1) is 8.65. The minimum atomic E-state index is -0.193. The van der Waals surface area contributed by atoms with Gasteiger partial charge in [0, 0.05) is 19.6 Å². The summed E-state index contributed by atoms with van der Waals surface area (Å²) in [6, 6.07) is 0. The van der Waals surface area contributed by atoms with E-state index in [-0.39, 0.29) is 6.10 Å². The van der Waals surface area contributed by atoms with Gasteiger partial charge in [0.15, 0.2) is 0 Å². The van der Waals surface area contributed by atoms with Crippen LogP contribution >= 0.6 is 11.6 Å². The zero-order valence-electron chi connectivity index (χ0n) is 11.2. The Labute approximate surface area is 114 Å². The van der Waals surface area contributed by atoms with Crippen LogP contribution < -0.4 is 0 Å². The summed E-state index contributed by atoms with van der Waals surface area (Å²) in [6.07, 6.45) is 2.64. The van der Waals surface area contributed by atoms with E-state index in [0.717, 1.165) is 61.9 Å². The van der Waals surface area contributed by atoms with Gasteiger partial charge in [-0.25, -0.2) is 0 Å². The second-order valence-electron chi connectivity index (χ2n) is 4.91. The van der Waals surface area contributed by atoms with Crippen LogP contribution in [0, 0.1) is 0 Å². The summed E-state index contributed by atoms with van der Waals surface area (Å²) >= 11 is 6.39. The smallest absolute Gasteiger partial charge is 0.0863 e. The van der Waals surface area contributed by atoms with Crippen LogP contribution in [-0.2, 0) is 19.5 Å². The fraction of sp³-hybridized carbons (Fsp3) is 0.769. The quantitative estimate of drug-likeness (QED) is 0.912. The van der Waals surface area contributed by atoms with Crippen molar-refractivity contribution in [3.63, 3.8) is 0 Å². The molecule has 1 aliphatic heterocycles. The molecule has 1 fully saturated rings. The van der Waals surface area contributed by atoms with Gasteiger partial charge < -0.3 is 5.11 Å². The highest BCUT2D eigenvalue weighted by atomic mass is 35.5. The van der Waals surface area contributed by atoms with Gasteiger partial charge in [-0.15, -0.1) is 0 Å². The third-order valence-electron chi connectivity index (χ3n) is 3.55. The van der Waals surface area contributed by atoms with E-state index in [1.807, 2.05) is 4.68 Å². The molecule has 0 aromatic carbocycles. The highest BCUT2D eigenvalue weighted by Crippen LogP contribution is 2.24. The van der Waals surface area contributed by atoms with Crippen molar-refractivity contribution >= 4 is 11.6 Å². The number of hydrogen-bond acceptors (Lipinski definition) is 3. The highest BCUT2D eigenvalue weighted by molar-refractivity contribution is 6.31. The van der Waals surface area contributed by atoms with Crippen molar-refractivity contribution in [1.29, 1.82) is 0 Å². The molecule has 1 aliphatic rings. The summed E-state index contributed by atoms with van der Waals surface area (Å²) in [5.41, 5.74) is 2.07. The molecule has 102 valence electrons. The molecule has 0 radical (unpaired) electrons. The van der Waals surface area contributed by atoms with Gasteiger partial charge in [-0.1, -0.05) is 18.5 Å². The van der Waals surface area contributed by atoms with Crippen LogP contribution in [0.15, 0.2) is 0 Å². The maximum atomic E-state index is 9.71. The SMILES string of the molecule is CCc1nn(CC)c(CN2CCC[C@H](O)C2)c1Cl. The largest absolute Gasteiger partial charge is 0.392 e. The van der Waals surface area contributed by atoms with Crippen LogP contribution in [0.3, 0.4) is 0 Å². The zero-order valence-corrected chi connectivity index (χ0v) is 11.9. The molecule has 1 atom stereocenters. The standard InChI is InChI=1S/C13H22ClN3O/c1-3-11-13(14)12(17(4-2)15-11)9-16-7-5-6-10(18)8-16/h10,18H,3-9H2,1-2H3/t10-/m0/s1. The first-order valence-electron chi connectivity index (χ1n) is 6.80. The highest BCUT2D eigenvalue weighted by Gasteiger charge is 2.21. The third kappa shape index (κ3) is 2.87. The van der Waals surface area contributed by atoms with Gasteiger partial charge in [-0.3, -0.25) is 9.58 Å². The molecule has 0 amide bonds. The first kappa shape index (κ1) is 13.8. The minimum absolute atomic E-state index is 0.193. The van der Waals surface area contributed by atoms with Gasteiger partial charge >= 0.3 is 0 Å². The number of hydrogen-bond donors (Lipinski definition) is 1. The summed E-state index contributed by atoms with van der Waals surface area (Å²) in [5.74, 6) is 0. The Bertz CT molecular complexity index is 405. The van der Waals surface area contributed by atoms with E-state index in [1.54, 1.807) is 0 Å². The molecule has 2 heterocycles. The Morgan fingerprint density at radius 1 is 1.44 bits per heavy atom. The van der Waals surface area contributed by atoms with E-state index in [9.17, 15) is 5.11 Å². The Kier molecular flexibility index (Phi) is 4.65. The van der Waals surface area contributed by atoms with E-state index >= 15 is 0 Å². The molecule has 18 heavy (non-hydrogen) atoms. The van der Waals surface area contributed by atoms with Crippen LogP contribution in [0.2, 0.25) is 5.02 Å². The van der Waals surface area contributed by atoms with E-state index in [2.05, 4.69) is 23.8 Å². The third-order valence-corrected chi connectivity index (χ3v) is 3.98. The lowest BCUT2D eigenvalue weighted by molar-refractivity contribution is 0.0655. The monoisotopic (exact) mass is 271 g/mol. The van der Waals surface area contributed by atoms with Crippen molar-refractivity contribution in [2.75, 3.05) is 13.1 Å². The van der Waals surface area contributed by atoms with E-state index in [0.29, 0.717) is 0 Å². The fourth-order valence-electron chi connectivity index (χ4n) is 2.55. The second kappa shape index (κ2) is 6.04. The number of nitrogens with zero attached hydrogens (tertiary/aromatic N) is 3. The van der Waals surface area contributed by atoms with Crippen LogP contribution in [0.1, 0.15) is 38.1 Å². The van der Waals surface area contributed by atoms with Crippen molar-refractivity contribution in [2.45, 2.75) is 52.3 Å². The molecule has 0 saturated carbocycles. The van der Waals surface area contributed by atoms with Gasteiger partial charge in [0.1, 0.15) is 0 Å². The van der Waals surface area contributed by atoms with Gasteiger partial charge in [0.05, 0.1) is 22.5 Å². The van der Waals surface area contributed by atoms with Crippen LogP contribution in [0.25, 0.3) is 0 Å². The summed E-state index contributed by atoms with van der Waals surface area (Å²) in [5, 5.41) is 15.0. The molecule has 0 aliphatic carbocycles. The number of β-amino-alcohol motifs (C(OH)–C–C–N with tert-alkyl or cyclic N) is 1. The number of likely N-dealkylation sites (tertiary alicyclic amines) is 1. The average molecular weight is 272 g/mol. The zero-order chi connectivity index (χ0) is 13.1. The van der Waals surface area contributed by atoms with Crippen molar-refractivity contribution in [1.82, 2.24) is 14.7 Å². The van der Waals surface area contributed by atoms with Gasteiger partial charge in [0.2, 0.25) is 0 Å². The number of aryl methyl sites for hydroxylation is 2. The van der Waals surface area contributed by atoms with Crippen LogP contribution in [-0.4, -0.2) is 39.0 Å². The van der Waals surface area contributed by atoms with Crippen molar-refractivity contribution in [3.05, 3.63) is 16.4 Å². The summed E-state index contributed by atoms with van der Waals surface area (Å²) in [6.45, 7) is 7.55. The van der Waals surface area contributed by atoms with Crippen molar-refractivity contribution in [2.24, 2.45) is 0 Å². The number of aromatic nitrogens is 2. The second-order valence-corrected chi connectivity index (χ2v) is 5.29. The summed E-state index contributed by atoms with van der Waals surface area (Å²) in [4.78, 5) is 2.27. The van der Waals surface area contributed by atoms with Crippen molar-refractivity contribution < 1.29 is 5.11 Å².